The van der Waals surface area contributed by atoms with Crippen LogP contribution in [0.5, 0.6) is 0 Å². The Morgan fingerprint density at radius 2 is 1.59 bits per heavy atom. The molecule has 2 aromatic carbocycles. The Bertz CT molecular complexity index is 750. The maximum Gasteiger partial charge on any atom is 0.325 e. The number of hydrogen-bond donors (Lipinski definition) is 0. The van der Waals surface area contributed by atoms with Gasteiger partial charge in [-0.2, -0.15) is 0 Å². The zero-order chi connectivity index (χ0) is 15.5. The predicted molar refractivity (Wildman–Crippen MR) is 89.9 cm³/mol. The number of nitrogens with zero attached hydrogens (tertiary/aromatic N) is 1. The summed E-state index contributed by atoms with van der Waals surface area (Å²) in [5.41, 5.74) is 2.15. The summed E-state index contributed by atoms with van der Waals surface area (Å²) in [5.74, 6) is 0.230. The molecule has 0 N–H and O–H groups in total. The molecule has 0 fully saturated rings. The number of para-hydroxylation sites is 2. The van der Waals surface area contributed by atoms with E-state index in [1.54, 1.807) is 0 Å². The highest BCUT2D eigenvalue weighted by molar-refractivity contribution is 6.08. The van der Waals surface area contributed by atoms with Gasteiger partial charge in [-0.25, -0.2) is 0 Å². The molecule has 1 unspecified atom stereocenters. The van der Waals surface area contributed by atoms with Gasteiger partial charge in [0.1, 0.15) is 6.54 Å². The van der Waals surface area contributed by atoms with Crippen LogP contribution in [0.15, 0.2) is 48.5 Å². The van der Waals surface area contributed by atoms with Gasteiger partial charge in [-0.3, -0.25) is 4.79 Å². The smallest absolute Gasteiger partial charge is 0.325 e. The topological polar surface area (TPSA) is 31.2 Å². The van der Waals surface area contributed by atoms with Gasteiger partial charge in [0.05, 0.1) is 6.61 Å². The molecule has 1 atom stereocenters. The molecular formula is C19H21NO2. The van der Waals surface area contributed by atoms with Gasteiger partial charge in [0.15, 0.2) is 0 Å². The molecule has 3 aromatic rings. The molecule has 3 heteroatoms. The average Bonchev–Trinajstić information content (AvgIpc) is 2.87. The standard InChI is InChI=1S/C19H21NO2/c1-3-14(2)13-22-19(21)12-20-17-10-6-4-8-15(17)16-9-5-7-11-18(16)20/h4-11,14H,3,12-13H2,1-2H3. The minimum atomic E-state index is -0.174. The highest BCUT2D eigenvalue weighted by Gasteiger charge is 2.13. The Morgan fingerprint density at radius 3 is 2.14 bits per heavy atom. The Labute approximate surface area is 130 Å². The number of carbonyl (C=O) groups excluding carboxylic acids is 1. The van der Waals surface area contributed by atoms with E-state index in [9.17, 15) is 4.79 Å². The number of carbonyl (C=O) groups is 1. The van der Waals surface area contributed by atoms with Crippen molar-refractivity contribution in [3.05, 3.63) is 48.5 Å². The maximum atomic E-state index is 12.2. The Hall–Kier alpha value is -2.29. The molecule has 0 aliphatic rings. The predicted octanol–water partition coefficient (Wildman–Crippen LogP) is 4.38. The van der Waals surface area contributed by atoms with Crippen LogP contribution in [0.3, 0.4) is 0 Å². The van der Waals surface area contributed by atoms with Crippen molar-refractivity contribution in [3.63, 3.8) is 0 Å². The molecule has 0 amide bonds. The molecule has 114 valence electrons. The molecule has 0 saturated carbocycles. The van der Waals surface area contributed by atoms with E-state index in [4.69, 9.17) is 4.74 Å². The Kier molecular flexibility index (Phi) is 4.14. The molecule has 0 aliphatic heterocycles. The Morgan fingerprint density at radius 1 is 1.05 bits per heavy atom. The van der Waals surface area contributed by atoms with Crippen LogP contribution in [-0.4, -0.2) is 17.1 Å². The van der Waals surface area contributed by atoms with Gasteiger partial charge < -0.3 is 9.30 Å². The summed E-state index contributed by atoms with van der Waals surface area (Å²) in [6.45, 7) is 4.94. The lowest BCUT2D eigenvalue weighted by atomic mass is 10.1. The second kappa shape index (κ2) is 6.22. The van der Waals surface area contributed by atoms with Crippen LogP contribution >= 0.6 is 0 Å². The van der Waals surface area contributed by atoms with Crippen molar-refractivity contribution in [1.82, 2.24) is 4.57 Å². The summed E-state index contributed by atoms with van der Waals surface area (Å²) >= 11 is 0. The van der Waals surface area contributed by atoms with E-state index in [2.05, 4.69) is 38.1 Å². The molecule has 0 saturated heterocycles. The lowest BCUT2D eigenvalue weighted by Crippen LogP contribution is -2.16. The summed E-state index contributed by atoms with van der Waals surface area (Å²) in [6, 6.07) is 16.4. The SMILES string of the molecule is CCC(C)COC(=O)Cn1c2ccccc2c2ccccc21. The van der Waals surface area contributed by atoms with Crippen LogP contribution in [-0.2, 0) is 16.1 Å². The summed E-state index contributed by atoms with van der Waals surface area (Å²) in [5, 5.41) is 2.35. The van der Waals surface area contributed by atoms with Gasteiger partial charge >= 0.3 is 5.97 Å². The van der Waals surface area contributed by atoms with Crippen molar-refractivity contribution in [3.8, 4) is 0 Å². The molecule has 0 spiro atoms. The summed E-state index contributed by atoms with van der Waals surface area (Å²) in [4.78, 5) is 12.2. The fourth-order valence-corrected chi connectivity index (χ4v) is 2.70. The fraction of sp³-hybridized carbons (Fsp3) is 0.316. The number of ether oxygens (including phenoxy) is 1. The van der Waals surface area contributed by atoms with E-state index in [0.717, 1.165) is 17.5 Å². The monoisotopic (exact) mass is 295 g/mol. The van der Waals surface area contributed by atoms with Crippen LogP contribution < -0.4 is 0 Å². The van der Waals surface area contributed by atoms with E-state index < -0.39 is 0 Å². The van der Waals surface area contributed by atoms with Gasteiger partial charge in [-0.1, -0.05) is 56.7 Å². The maximum absolute atomic E-state index is 12.2. The van der Waals surface area contributed by atoms with E-state index in [1.165, 1.54) is 10.8 Å². The summed E-state index contributed by atoms with van der Waals surface area (Å²) in [7, 11) is 0. The second-order valence-electron chi connectivity index (χ2n) is 5.82. The number of aromatic nitrogens is 1. The third-order valence-corrected chi connectivity index (χ3v) is 4.19. The third kappa shape index (κ3) is 2.71. The minimum absolute atomic E-state index is 0.174. The van der Waals surface area contributed by atoms with Crippen molar-refractivity contribution in [1.29, 1.82) is 0 Å². The van der Waals surface area contributed by atoms with E-state index >= 15 is 0 Å². The second-order valence-corrected chi connectivity index (χ2v) is 5.82. The number of benzene rings is 2. The van der Waals surface area contributed by atoms with Gasteiger partial charge in [0, 0.05) is 21.8 Å². The number of hydrogen-bond acceptors (Lipinski definition) is 2. The minimum Gasteiger partial charge on any atom is -0.464 e. The molecule has 0 radical (unpaired) electrons. The van der Waals surface area contributed by atoms with E-state index in [0.29, 0.717) is 12.5 Å². The first-order valence-corrected chi connectivity index (χ1v) is 7.82. The van der Waals surface area contributed by atoms with Crippen LogP contribution in [0.2, 0.25) is 0 Å². The molecule has 1 heterocycles. The van der Waals surface area contributed by atoms with Gasteiger partial charge in [0.25, 0.3) is 0 Å². The molecule has 3 nitrogen and oxygen atoms in total. The van der Waals surface area contributed by atoms with E-state index in [-0.39, 0.29) is 12.5 Å². The molecule has 1 aromatic heterocycles. The molecule has 0 bridgehead atoms. The van der Waals surface area contributed by atoms with Gasteiger partial charge in [-0.15, -0.1) is 0 Å². The van der Waals surface area contributed by atoms with Crippen LogP contribution in [0.25, 0.3) is 21.8 Å². The lowest BCUT2D eigenvalue weighted by Gasteiger charge is -2.11. The van der Waals surface area contributed by atoms with Gasteiger partial charge in [0.2, 0.25) is 0 Å². The lowest BCUT2D eigenvalue weighted by molar-refractivity contribution is -0.145. The first-order chi connectivity index (χ1) is 10.7. The number of fused-ring (bicyclic) bond motifs is 3. The molecule has 3 rings (SSSR count). The van der Waals surface area contributed by atoms with Gasteiger partial charge in [-0.05, 0) is 18.1 Å². The zero-order valence-corrected chi connectivity index (χ0v) is 13.1. The molecular weight excluding hydrogens is 274 g/mol. The first kappa shape index (κ1) is 14.6. The largest absolute Gasteiger partial charge is 0.464 e. The first-order valence-electron chi connectivity index (χ1n) is 7.82. The quantitative estimate of drug-likeness (QED) is 0.654. The molecule has 0 aliphatic carbocycles. The van der Waals surface area contributed by atoms with Crippen LogP contribution in [0.1, 0.15) is 20.3 Å². The highest BCUT2D eigenvalue weighted by atomic mass is 16.5. The number of rotatable bonds is 5. The van der Waals surface area contributed by atoms with Crippen LogP contribution in [0, 0.1) is 5.92 Å². The zero-order valence-electron chi connectivity index (χ0n) is 13.1. The highest BCUT2D eigenvalue weighted by Crippen LogP contribution is 2.28. The van der Waals surface area contributed by atoms with Crippen molar-refractivity contribution in [2.45, 2.75) is 26.8 Å². The van der Waals surface area contributed by atoms with E-state index in [1.807, 2.05) is 28.8 Å². The Balaban J connectivity index is 1.93. The van der Waals surface area contributed by atoms with Crippen molar-refractivity contribution in [2.24, 2.45) is 5.92 Å². The van der Waals surface area contributed by atoms with Crippen LogP contribution in [0.4, 0.5) is 0 Å². The summed E-state index contributed by atoms with van der Waals surface area (Å²) < 4.78 is 7.45. The van der Waals surface area contributed by atoms with Crippen molar-refractivity contribution in [2.75, 3.05) is 6.61 Å². The molecule has 22 heavy (non-hydrogen) atoms. The summed E-state index contributed by atoms with van der Waals surface area (Å²) in [6.07, 6.45) is 1.02. The van der Waals surface area contributed by atoms with Crippen molar-refractivity contribution < 1.29 is 9.53 Å². The van der Waals surface area contributed by atoms with Crippen molar-refractivity contribution >= 4 is 27.8 Å². The number of esters is 1. The average molecular weight is 295 g/mol. The third-order valence-electron chi connectivity index (χ3n) is 4.19. The fourth-order valence-electron chi connectivity index (χ4n) is 2.70. The normalized spacial score (nSPS) is 12.6.